The van der Waals surface area contributed by atoms with Crippen LogP contribution in [0.5, 0.6) is 0 Å². The van der Waals surface area contributed by atoms with Gasteiger partial charge in [-0.05, 0) is 61.9 Å². The molecule has 0 aliphatic carbocycles. The number of hydrogen-bond donors (Lipinski definition) is 1. The third-order valence-corrected chi connectivity index (χ3v) is 5.25. The maximum Gasteiger partial charge on any atom is 0.273 e. The lowest BCUT2D eigenvalue weighted by Gasteiger charge is -2.07. The minimum Gasteiger partial charge on any atom is -0.321 e. The average molecular weight is 362 g/mol. The lowest BCUT2D eigenvalue weighted by molar-refractivity contribution is 0.101. The van der Waals surface area contributed by atoms with Crippen molar-refractivity contribution in [2.45, 2.75) is 20.4 Å². The number of carbonyl (C=O) groups excluding carboxylic acids is 1. The van der Waals surface area contributed by atoms with Crippen LogP contribution in [0.25, 0.3) is 20.8 Å². The van der Waals surface area contributed by atoms with E-state index in [1.54, 1.807) is 28.3 Å². The molecule has 0 fully saturated rings. The summed E-state index contributed by atoms with van der Waals surface area (Å²) in [6.07, 6.45) is 1.64. The van der Waals surface area contributed by atoms with Crippen molar-refractivity contribution in [3.63, 3.8) is 0 Å². The molecule has 6 heteroatoms. The second kappa shape index (κ2) is 6.72. The Hall–Kier alpha value is -2.99. The highest BCUT2D eigenvalue weighted by molar-refractivity contribution is 7.21. The van der Waals surface area contributed by atoms with Crippen LogP contribution in [0.3, 0.4) is 0 Å². The van der Waals surface area contributed by atoms with Crippen LogP contribution in [0.2, 0.25) is 0 Å². The van der Waals surface area contributed by atoms with Gasteiger partial charge in [-0.3, -0.25) is 9.48 Å². The summed E-state index contributed by atoms with van der Waals surface area (Å²) in [6, 6.07) is 15.8. The number of aromatic nitrogens is 3. The zero-order chi connectivity index (χ0) is 18.1. The van der Waals surface area contributed by atoms with E-state index in [9.17, 15) is 4.79 Å². The molecular formula is C20H18N4OS. The van der Waals surface area contributed by atoms with E-state index in [1.807, 2.05) is 31.2 Å². The molecule has 0 atom stereocenters. The lowest BCUT2D eigenvalue weighted by atomic mass is 10.2. The number of nitrogens with zero attached hydrogens (tertiary/aromatic N) is 3. The summed E-state index contributed by atoms with van der Waals surface area (Å²) in [6.45, 7) is 4.70. The number of amides is 1. The van der Waals surface area contributed by atoms with Crippen LogP contribution in [0.15, 0.2) is 54.7 Å². The van der Waals surface area contributed by atoms with Gasteiger partial charge < -0.3 is 5.32 Å². The van der Waals surface area contributed by atoms with Crippen molar-refractivity contribution in [2.24, 2.45) is 0 Å². The highest BCUT2D eigenvalue weighted by Gasteiger charge is 2.12. The normalized spacial score (nSPS) is 11.0. The van der Waals surface area contributed by atoms with E-state index < -0.39 is 0 Å². The van der Waals surface area contributed by atoms with Crippen LogP contribution in [0.4, 0.5) is 5.69 Å². The third kappa shape index (κ3) is 3.11. The number of nitrogens with one attached hydrogen (secondary N) is 1. The predicted octanol–water partition coefficient (Wildman–Crippen LogP) is 4.74. The highest BCUT2D eigenvalue weighted by Crippen LogP contribution is 2.31. The second-order valence-corrected chi connectivity index (χ2v) is 7.08. The molecule has 1 N–H and O–H groups in total. The fraction of sp³-hybridized carbons (Fsp3) is 0.150. The van der Waals surface area contributed by atoms with E-state index in [0.717, 1.165) is 21.8 Å². The summed E-state index contributed by atoms with van der Waals surface area (Å²) in [5.41, 5.74) is 4.59. The van der Waals surface area contributed by atoms with Crippen LogP contribution in [-0.2, 0) is 6.54 Å². The van der Waals surface area contributed by atoms with E-state index >= 15 is 0 Å². The summed E-state index contributed by atoms with van der Waals surface area (Å²) < 4.78 is 2.86. The molecule has 5 nitrogen and oxygen atoms in total. The summed E-state index contributed by atoms with van der Waals surface area (Å²) in [5.74, 6) is -0.160. The van der Waals surface area contributed by atoms with Gasteiger partial charge >= 0.3 is 0 Å². The monoisotopic (exact) mass is 362 g/mol. The maximum absolute atomic E-state index is 12.4. The predicted molar refractivity (Wildman–Crippen MR) is 106 cm³/mol. The molecule has 0 bridgehead atoms. The molecule has 4 rings (SSSR count). The van der Waals surface area contributed by atoms with Gasteiger partial charge in [-0.25, -0.2) is 4.98 Å². The SMILES string of the molecule is CCn1nccc1C(=O)Nc1ccc(-c2nc3ccc(C)cc3s2)cc1. The molecule has 4 aromatic rings. The molecule has 0 radical (unpaired) electrons. The molecule has 1 amide bonds. The van der Waals surface area contributed by atoms with Crippen molar-refractivity contribution in [3.05, 3.63) is 66.0 Å². The van der Waals surface area contributed by atoms with Gasteiger partial charge in [-0.2, -0.15) is 5.10 Å². The van der Waals surface area contributed by atoms with Gasteiger partial charge in [-0.15, -0.1) is 11.3 Å². The molecule has 26 heavy (non-hydrogen) atoms. The largest absolute Gasteiger partial charge is 0.321 e. The number of rotatable bonds is 4. The van der Waals surface area contributed by atoms with Gasteiger partial charge in [0, 0.05) is 24.0 Å². The first kappa shape index (κ1) is 16.5. The van der Waals surface area contributed by atoms with E-state index in [0.29, 0.717) is 12.2 Å². The van der Waals surface area contributed by atoms with Crippen molar-refractivity contribution < 1.29 is 4.79 Å². The number of fused-ring (bicyclic) bond motifs is 1. The third-order valence-electron chi connectivity index (χ3n) is 4.18. The first-order chi connectivity index (χ1) is 12.6. The van der Waals surface area contributed by atoms with Crippen molar-refractivity contribution >= 4 is 33.1 Å². The quantitative estimate of drug-likeness (QED) is 0.570. The summed E-state index contributed by atoms with van der Waals surface area (Å²) in [5, 5.41) is 8.02. The maximum atomic E-state index is 12.4. The number of anilines is 1. The minimum absolute atomic E-state index is 0.160. The van der Waals surface area contributed by atoms with Crippen molar-refractivity contribution in [2.75, 3.05) is 5.32 Å². The number of hydrogen-bond acceptors (Lipinski definition) is 4. The van der Waals surface area contributed by atoms with Gasteiger partial charge in [0.15, 0.2) is 0 Å². The van der Waals surface area contributed by atoms with E-state index in [4.69, 9.17) is 4.98 Å². The van der Waals surface area contributed by atoms with Crippen LogP contribution >= 0.6 is 11.3 Å². The Labute approximate surface area is 155 Å². The zero-order valence-electron chi connectivity index (χ0n) is 14.6. The van der Waals surface area contributed by atoms with E-state index in [-0.39, 0.29) is 5.91 Å². The van der Waals surface area contributed by atoms with Crippen LogP contribution in [0, 0.1) is 6.92 Å². The Morgan fingerprint density at radius 2 is 1.96 bits per heavy atom. The standard InChI is InChI=1S/C20H18N4OS/c1-3-24-17(10-11-21-24)19(25)22-15-7-5-14(6-8-15)20-23-16-9-4-13(2)12-18(16)26-20/h4-12H,3H2,1-2H3,(H,22,25). The summed E-state index contributed by atoms with van der Waals surface area (Å²) in [7, 11) is 0. The van der Waals surface area contributed by atoms with Gasteiger partial charge in [0.05, 0.1) is 10.2 Å². The van der Waals surface area contributed by atoms with E-state index in [1.165, 1.54) is 10.3 Å². The second-order valence-electron chi connectivity index (χ2n) is 6.05. The van der Waals surface area contributed by atoms with Gasteiger partial charge in [-0.1, -0.05) is 6.07 Å². The molecule has 0 spiro atoms. The molecule has 0 saturated heterocycles. The van der Waals surface area contributed by atoms with Crippen LogP contribution in [0.1, 0.15) is 23.0 Å². The van der Waals surface area contributed by atoms with Crippen LogP contribution < -0.4 is 5.32 Å². The Kier molecular flexibility index (Phi) is 4.26. The topological polar surface area (TPSA) is 59.8 Å². The average Bonchev–Trinajstić information content (AvgIpc) is 3.28. The van der Waals surface area contributed by atoms with Gasteiger partial charge in [0.2, 0.25) is 0 Å². The fourth-order valence-corrected chi connectivity index (χ4v) is 3.89. The van der Waals surface area contributed by atoms with Gasteiger partial charge in [0.1, 0.15) is 10.7 Å². The van der Waals surface area contributed by atoms with Crippen molar-refractivity contribution in [3.8, 4) is 10.6 Å². The molecule has 0 saturated carbocycles. The lowest BCUT2D eigenvalue weighted by Crippen LogP contribution is -2.17. The molecule has 2 heterocycles. The highest BCUT2D eigenvalue weighted by atomic mass is 32.1. The molecule has 2 aromatic heterocycles. The first-order valence-corrected chi connectivity index (χ1v) is 9.26. The Balaban J connectivity index is 1.55. The first-order valence-electron chi connectivity index (χ1n) is 8.45. The zero-order valence-corrected chi connectivity index (χ0v) is 15.4. The number of aryl methyl sites for hydroxylation is 2. The Bertz CT molecular complexity index is 1080. The smallest absolute Gasteiger partial charge is 0.273 e. The van der Waals surface area contributed by atoms with Crippen molar-refractivity contribution in [1.82, 2.24) is 14.8 Å². The Morgan fingerprint density at radius 3 is 2.73 bits per heavy atom. The van der Waals surface area contributed by atoms with Gasteiger partial charge in [0.25, 0.3) is 5.91 Å². The van der Waals surface area contributed by atoms with Crippen molar-refractivity contribution in [1.29, 1.82) is 0 Å². The molecular weight excluding hydrogens is 344 g/mol. The molecule has 0 aliphatic rings. The fourth-order valence-electron chi connectivity index (χ4n) is 2.82. The minimum atomic E-state index is -0.160. The van der Waals surface area contributed by atoms with Crippen LogP contribution in [-0.4, -0.2) is 20.7 Å². The molecule has 0 unspecified atom stereocenters. The summed E-state index contributed by atoms with van der Waals surface area (Å²) in [4.78, 5) is 17.1. The molecule has 2 aromatic carbocycles. The molecule has 0 aliphatic heterocycles. The van der Waals surface area contributed by atoms with E-state index in [2.05, 4.69) is 35.5 Å². The summed E-state index contributed by atoms with van der Waals surface area (Å²) >= 11 is 1.68. The number of benzene rings is 2. The number of carbonyl (C=O) groups is 1. The number of thiazole rings is 1. The molecule has 130 valence electrons. The Morgan fingerprint density at radius 1 is 1.15 bits per heavy atom.